The van der Waals surface area contributed by atoms with Gasteiger partial charge in [-0.3, -0.25) is 4.68 Å². The molecule has 0 spiro atoms. The van der Waals surface area contributed by atoms with Crippen molar-refractivity contribution in [3.05, 3.63) is 23.9 Å². The molecule has 0 amide bonds. The molecule has 8 nitrogen and oxygen atoms in total. The predicted octanol–water partition coefficient (Wildman–Crippen LogP) is 4.39. The van der Waals surface area contributed by atoms with Crippen LogP contribution in [-0.2, 0) is 10.3 Å². The molecule has 0 aliphatic heterocycles. The van der Waals surface area contributed by atoms with Gasteiger partial charge in [-0.2, -0.15) is 19.7 Å². The predicted molar refractivity (Wildman–Crippen MR) is 110 cm³/mol. The van der Waals surface area contributed by atoms with Crippen molar-refractivity contribution in [2.45, 2.75) is 71.4 Å². The Labute approximate surface area is 180 Å². The maximum Gasteiger partial charge on any atom is 0.255 e. The van der Waals surface area contributed by atoms with E-state index in [2.05, 4.69) is 26.5 Å². The highest BCUT2D eigenvalue weighted by Crippen LogP contribution is 2.28. The van der Waals surface area contributed by atoms with Crippen LogP contribution in [0.5, 0.6) is 5.88 Å². The first-order chi connectivity index (χ1) is 14.7. The third-order valence-electron chi connectivity index (χ3n) is 5.33. The highest BCUT2D eigenvalue weighted by Gasteiger charge is 2.25. The summed E-state index contributed by atoms with van der Waals surface area (Å²) in [6, 6.07) is 2.18. The summed E-state index contributed by atoms with van der Waals surface area (Å²) in [6.07, 6.45) is 4.55. The number of hydrogen-bond donors (Lipinski definition) is 1. The Morgan fingerprint density at radius 2 is 2.06 bits per heavy atom. The number of aromatic nitrogens is 4. The van der Waals surface area contributed by atoms with Gasteiger partial charge in [-0.1, -0.05) is 0 Å². The number of rotatable bonds is 8. The van der Waals surface area contributed by atoms with E-state index in [-0.39, 0.29) is 23.9 Å². The zero-order valence-electron chi connectivity index (χ0n) is 18.2. The van der Waals surface area contributed by atoms with Gasteiger partial charge in [0.05, 0.1) is 42.6 Å². The molecular formula is C21H28F2N6O2. The fourth-order valence-electron chi connectivity index (χ4n) is 3.45. The summed E-state index contributed by atoms with van der Waals surface area (Å²) < 4.78 is 39.5. The van der Waals surface area contributed by atoms with Gasteiger partial charge < -0.3 is 14.8 Å². The van der Waals surface area contributed by atoms with E-state index in [0.717, 1.165) is 31.9 Å². The highest BCUT2D eigenvalue weighted by molar-refractivity contribution is 5.55. The van der Waals surface area contributed by atoms with Crippen LogP contribution in [0.4, 0.5) is 20.4 Å². The van der Waals surface area contributed by atoms with E-state index in [1.165, 1.54) is 6.92 Å². The monoisotopic (exact) mass is 434 g/mol. The van der Waals surface area contributed by atoms with Gasteiger partial charge in [-0.05, 0) is 59.3 Å². The molecule has 0 bridgehead atoms. The van der Waals surface area contributed by atoms with Gasteiger partial charge in [-0.25, -0.2) is 9.37 Å². The molecule has 3 rings (SSSR count). The summed E-state index contributed by atoms with van der Waals surface area (Å²) in [5.74, 6) is -0.375. The number of nitrogens with zero attached hydrogens (tertiary/aromatic N) is 5. The molecule has 1 N–H and O–H groups in total. The van der Waals surface area contributed by atoms with Crippen molar-refractivity contribution in [1.29, 1.82) is 5.26 Å². The molecule has 1 aliphatic rings. The lowest BCUT2D eigenvalue weighted by atomic mass is 9.88. The maximum atomic E-state index is 14.2. The Morgan fingerprint density at radius 1 is 1.35 bits per heavy atom. The minimum absolute atomic E-state index is 0.0713. The van der Waals surface area contributed by atoms with Crippen LogP contribution in [0, 0.1) is 30.0 Å². The summed E-state index contributed by atoms with van der Waals surface area (Å²) >= 11 is 0. The number of nitriles is 1. The van der Waals surface area contributed by atoms with E-state index in [9.17, 15) is 14.0 Å². The van der Waals surface area contributed by atoms with Crippen LogP contribution in [0.1, 0.15) is 52.1 Å². The number of anilines is 2. The van der Waals surface area contributed by atoms with Gasteiger partial charge in [0, 0.05) is 0 Å². The minimum Gasteiger partial charge on any atom is -0.475 e. The van der Waals surface area contributed by atoms with Gasteiger partial charge in [0.25, 0.3) is 5.88 Å². The van der Waals surface area contributed by atoms with Crippen LogP contribution in [0.3, 0.4) is 0 Å². The number of halogens is 2. The molecule has 0 saturated heterocycles. The zero-order chi connectivity index (χ0) is 22.6. The van der Waals surface area contributed by atoms with Crippen molar-refractivity contribution in [1.82, 2.24) is 19.7 Å². The molecule has 31 heavy (non-hydrogen) atoms. The summed E-state index contributed by atoms with van der Waals surface area (Å²) in [5.41, 5.74) is 0.455. The van der Waals surface area contributed by atoms with Gasteiger partial charge in [0.2, 0.25) is 11.8 Å². The molecule has 0 aromatic carbocycles. The van der Waals surface area contributed by atoms with Crippen molar-refractivity contribution < 1.29 is 18.3 Å². The second kappa shape index (κ2) is 9.56. The van der Waals surface area contributed by atoms with Gasteiger partial charge in [-0.15, -0.1) is 0 Å². The van der Waals surface area contributed by atoms with E-state index >= 15 is 0 Å². The summed E-state index contributed by atoms with van der Waals surface area (Å²) in [6.45, 7) is 6.99. The van der Waals surface area contributed by atoms with Gasteiger partial charge >= 0.3 is 0 Å². The lowest BCUT2D eigenvalue weighted by Gasteiger charge is -2.28. The summed E-state index contributed by atoms with van der Waals surface area (Å²) in [7, 11) is 0. The quantitative estimate of drug-likeness (QED) is 0.658. The van der Waals surface area contributed by atoms with Crippen molar-refractivity contribution in [3.63, 3.8) is 0 Å². The largest absolute Gasteiger partial charge is 0.475 e. The lowest BCUT2D eigenvalue weighted by Crippen LogP contribution is -2.26. The van der Waals surface area contributed by atoms with Crippen molar-refractivity contribution in [2.75, 3.05) is 11.9 Å². The standard InChI is InChI=1S/C21H28F2N6O2/c1-13-18(10-29(28-13)21(3,4)12-24)26-20-25-9-17(23)19(27-20)30-11-15-5-7-16(8-6-15)31-14(2)22/h9-10,14-16H,5-8,11H2,1-4H3,(H,25,26,27)/t14?,15-,16-. The number of aryl methyl sites for hydroxylation is 1. The maximum absolute atomic E-state index is 14.2. The fourth-order valence-corrected chi connectivity index (χ4v) is 3.45. The van der Waals surface area contributed by atoms with E-state index in [4.69, 9.17) is 9.47 Å². The molecule has 2 heterocycles. The van der Waals surface area contributed by atoms with Crippen molar-refractivity contribution in [2.24, 2.45) is 5.92 Å². The first-order valence-corrected chi connectivity index (χ1v) is 10.4. The second-order valence-electron chi connectivity index (χ2n) is 8.35. The first-order valence-electron chi connectivity index (χ1n) is 10.4. The van der Waals surface area contributed by atoms with E-state index in [1.54, 1.807) is 31.6 Å². The van der Waals surface area contributed by atoms with Crippen LogP contribution in [0.2, 0.25) is 0 Å². The average molecular weight is 434 g/mol. The molecular weight excluding hydrogens is 406 g/mol. The zero-order valence-corrected chi connectivity index (χ0v) is 18.2. The highest BCUT2D eigenvalue weighted by atomic mass is 19.1. The van der Waals surface area contributed by atoms with E-state index in [0.29, 0.717) is 18.0 Å². The first kappa shape index (κ1) is 22.9. The van der Waals surface area contributed by atoms with Crippen molar-refractivity contribution >= 4 is 11.6 Å². The van der Waals surface area contributed by atoms with Crippen LogP contribution in [0.15, 0.2) is 12.4 Å². The normalized spacial score (nSPS) is 20.2. The molecule has 1 fully saturated rings. The molecule has 1 unspecified atom stereocenters. The molecule has 1 aliphatic carbocycles. The lowest BCUT2D eigenvalue weighted by molar-refractivity contribution is -0.0910. The Hall–Kier alpha value is -2.80. The fraction of sp³-hybridized carbons (Fsp3) is 0.619. The smallest absolute Gasteiger partial charge is 0.255 e. The Morgan fingerprint density at radius 3 is 2.71 bits per heavy atom. The van der Waals surface area contributed by atoms with Crippen molar-refractivity contribution in [3.8, 4) is 11.9 Å². The molecule has 1 atom stereocenters. The third kappa shape index (κ3) is 5.88. The number of alkyl halides is 1. The Kier molecular flexibility index (Phi) is 7.05. The molecule has 10 heteroatoms. The third-order valence-corrected chi connectivity index (χ3v) is 5.33. The molecule has 0 radical (unpaired) electrons. The molecule has 2 aromatic rings. The average Bonchev–Trinajstić information content (AvgIpc) is 3.10. The number of hydrogen-bond acceptors (Lipinski definition) is 7. The Bertz CT molecular complexity index is 932. The summed E-state index contributed by atoms with van der Waals surface area (Å²) in [4.78, 5) is 8.11. The minimum atomic E-state index is -1.26. The van der Waals surface area contributed by atoms with Gasteiger partial charge in [0.15, 0.2) is 6.36 Å². The van der Waals surface area contributed by atoms with Crippen LogP contribution >= 0.6 is 0 Å². The molecule has 2 aromatic heterocycles. The topological polar surface area (TPSA) is 97.9 Å². The van der Waals surface area contributed by atoms with E-state index in [1.807, 2.05) is 0 Å². The SMILES string of the molecule is Cc1nn(C(C)(C)C#N)cc1Nc1ncc(F)c(OC[C@H]2CC[C@H](OC(C)F)CC2)n1. The number of nitrogens with one attached hydrogen (secondary N) is 1. The second-order valence-corrected chi connectivity index (χ2v) is 8.35. The van der Waals surface area contributed by atoms with Crippen LogP contribution in [-0.4, -0.2) is 38.8 Å². The summed E-state index contributed by atoms with van der Waals surface area (Å²) in [5, 5.41) is 16.6. The number of ether oxygens (including phenoxy) is 2. The van der Waals surface area contributed by atoms with Gasteiger partial charge in [0.1, 0.15) is 5.54 Å². The van der Waals surface area contributed by atoms with Crippen LogP contribution < -0.4 is 10.1 Å². The molecule has 1 saturated carbocycles. The Balaban J connectivity index is 1.61. The molecule has 168 valence electrons. The van der Waals surface area contributed by atoms with Crippen LogP contribution in [0.25, 0.3) is 0 Å². The van der Waals surface area contributed by atoms with E-state index < -0.39 is 17.7 Å².